The van der Waals surface area contributed by atoms with Crippen molar-refractivity contribution in [2.45, 2.75) is 13.8 Å². The van der Waals surface area contributed by atoms with E-state index in [-0.39, 0.29) is 6.71 Å². The van der Waals surface area contributed by atoms with Gasteiger partial charge in [0.2, 0.25) is 0 Å². The normalized spacial score (nSPS) is 13.2. The molecule has 2 aliphatic heterocycles. The molecule has 0 N–H and O–H groups in total. The highest BCUT2D eigenvalue weighted by Crippen LogP contribution is 2.50. The number of aryl methyl sites for hydroxylation is 2. The Morgan fingerprint density at radius 2 is 0.871 bits per heavy atom. The topological polar surface area (TPSA) is 19.6 Å². The van der Waals surface area contributed by atoms with Gasteiger partial charge in [-0.2, -0.15) is 0 Å². The Labute approximate surface area is 358 Å². The minimum Gasteiger partial charge on any atom is -0.468 e. The first-order chi connectivity index (χ1) is 30.6. The zero-order valence-electron chi connectivity index (χ0n) is 34.3. The molecule has 11 aromatic carbocycles. The zero-order valence-corrected chi connectivity index (χ0v) is 34.3. The summed E-state index contributed by atoms with van der Waals surface area (Å²) in [4.78, 5) is 5.05. The number of fused-ring (bicyclic) bond motifs is 18. The Morgan fingerprint density at radius 1 is 0.371 bits per heavy atom. The quantitative estimate of drug-likeness (QED) is 0.128. The highest BCUT2D eigenvalue weighted by molar-refractivity contribution is 7.00. The van der Waals surface area contributed by atoms with Crippen molar-refractivity contribution in [1.82, 2.24) is 0 Å². The number of hydrogen-bond donors (Lipinski definition) is 0. The molecule has 0 spiro atoms. The van der Waals surface area contributed by atoms with Crippen molar-refractivity contribution >= 4 is 133 Å². The molecule has 0 amide bonds. The first kappa shape index (κ1) is 34.0. The van der Waals surface area contributed by atoms with Crippen LogP contribution in [-0.4, -0.2) is 6.71 Å². The van der Waals surface area contributed by atoms with Crippen molar-refractivity contribution in [3.8, 4) is 0 Å². The maximum Gasteiger partial charge on any atom is 0.297 e. The lowest BCUT2D eigenvalue weighted by atomic mass is 9.35. The maximum atomic E-state index is 7.24. The number of nitrogens with zero attached hydrogens (tertiary/aromatic N) is 2. The molecule has 3 heterocycles. The van der Waals surface area contributed by atoms with Gasteiger partial charge in [0, 0.05) is 33.5 Å². The SMILES string of the molecule is Cc1ccc2c(c1)B1c3oc4ccc(C)cc4c3N(c3cccc4c5ccccc5c5ccccc5c34)c3cccc(c31)N2c1ccc2c3ccccc3c3ccccc3c2c1. The third-order valence-corrected chi connectivity index (χ3v) is 13.9. The fourth-order valence-electron chi connectivity index (χ4n) is 11.3. The van der Waals surface area contributed by atoms with Crippen LogP contribution < -0.4 is 26.4 Å². The van der Waals surface area contributed by atoms with Crippen LogP contribution in [0, 0.1) is 13.8 Å². The van der Waals surface area contributed by atoms with Gasteiger partial charge < -0.3 is 14.2 Å². The first-order valence-corrected chi connectivity index (χ1v) is 21.6. The maximum absolute atomic E-state index is 7.24. The lowest BCUT2D eigenvalue weighted by Gasteiger charge is -2.42. The molecule has 3 nitrogen and oxygen atoms in total. The lowest BCUT2D eigenvalue weighted by molar-refractivity contribution is 0.651. The van der Waals surface area contributed by atoms with Crippen molar-refractivity contribution in [3.05, 3.63) is 199 Å². The molecule has 2 aliphatic rings. The van der Waals surface area contributed by atoms with Gasteiger partial charge >= 0.3 is 0 Å². The summed E-state index contributed by atoms with van der Waals surface area (Å²) in [6, 6.07) is 70.0. The standard InChI is InChI=1S/C58H37BN2O/c1-34-26-30-54-48(31-34)57-58(62-54)59-49-32-35(2)25-29-50(49)60(36-27-28-44-39-15-4-3-13-37(39)38-14-6-8-19-43(38)47(44)33-36)52-23-12-24-53(56(52)59)61(57)51-22-11-21-46-42-17-7-5-16-40(42)41-18-9-10-20-45(41)55(46)51/h3-33H,1-2H3. The van der Waals surface area contributed by atoms with E-state index in [0.717, 1.165) is 39.4 Å². The highest BCUT2D eigenvalue weighted by atomic mass is 16.3. The number of benzene rings is 11. The molecule has 4 heteroatoms. The number of furan rings is 1. The van der Waals surface area contributed by atoms with Gasteiger partial charge in [-0.15, -0.1) is 0 Å². The Kier molecular flexibility index (Phi) is 6.78. The molecule has 14 rings (SSSR count). The van der Waals surface area contributed by atoms with Crippen LogP contribution in [-0.2, 0) is 0 Å². The molecule has 0 fully saturated rings. The second-order valence-electron chi connectivity index (χ2n) is 17.3. The molecular weight excluding hydrogens is 751 g/mol. The molecule has 62 heavy (non-hydrogen) atoms. The van der Waals surface area contributed by atoms with Crippen LogP contribution in [0.1, 0.15) is 11.1 Å². The van der Waals surface area contributed by atoms with Crippen molar-refractivity contribution in [3.63, 3.8) is 0 Å². The lowest BCUT2D eigenvalue weighted by Crippen LogP contribution is -2.61. The second kappa shape index (κ2) is 12.4. The fourth-order valence-corrected chi connectivity index (χ4v) is 11.3. The molecule has 0 saturated heterocycles. The zero-order chi connectivity index (χ0) is 40.8. The van der Waals surface area contributed by atoms with E-state index in [4.69, 9.17) is 4.42 Å². The van der Waals surface area contributed by atoms with Crippen molar-refractivity contribution in [2.24, 2.45) is 0 Å². The van der Waals surface area contributed by atoms with Gasteiger partial charge in [0.1, 0.15) is 5.58 Å². The largest absolute Gasteiger partial charge is 0.468 e. The molecule has 0 atom stereocenters. The molecular formula is C58H37BN2O. The van der Waals surface area contributed by atoms with E-state index >= 15 is 0 Å². The van der Waals surface area contributed by atoms with Gasteiger partial charge in [-0.1, -0.05) is 151 Å². The average Bonchev–Trinajstić information content (AvgIpc) is 3.69. The van der Waals surface area contributed by atoms with Crippen molar-refractivity contribution in [2.75, 3.05) is 9.80 Å². The third kappa shape index (κ3) is 4.45. The summed E-state index contributed by atoms with van der Waals surface area (Å²) in [5, 5.41) is 16.3. The minimum atomic E-state index is -0.121. The summed E-state index contributed by atoms with van der Waals surface area (Å²) in [5.74, 6) is 0. The van der Waals surface area contributed by atoms with Gasteiger partial charge in [0.05, 0.1) is 17.0 Å². The van der Waals surface area contributed by atoms with Crippen LogP contribution in [0.3, 0.4) is 0 Å². The van der Waals surface area contributed by atoms with Gasteiger partial charge in [-0.3, -0.25) is 0 Å². The second-order valence-corrected chi connectivity index (χ2v) is 17.3. The molecule has 12 aromatic rings. The summed E-state index contributed by atoms with van der Waals surface area (Å²) < 4.78 is 7.24. The van der Waals surface area contributed by atoms with Gasteiger partial charge in [0.15, 0.2) is 0 Å². The summed E-state index contributed by atoms with van der Waals surface area (Å²) in [6.07, 6.45) is 0. The molecule has 0 unspecified atom stereocenters. The Bertz CT molecular complexity index is 3860. The van der Waals surface area contributed by atoms with E-state index in [1.165, 1.54) is 98.1 Å². The molecule has 0 saturated carbocycles. The summed E-state index contributed by atoms with van der Waals surface area (Å²) >= 11 is 0. The molecule has 0 aliphatic carbocycles. The van der Waals surface area contributed by atoms with Gasteiger partial charge in [0.25, 0.3) is 6.71 Å². The van der Waals surface area contributed by atoms with Crippen LogP contribution >= 0.6 is 0 Å². The van der Waals surface area contributed by atoms with E-state index in [1.807, 2.05) is 0 Å². The van der Waals surface area contributed by atoms with Crippen LogP contribution in [0.25, 0.3) is 75.6 Å². The van der Waals surface area contributed by atoms with E-state index in [2.05, 4.69) is 212 Å². The Morgan fingerprint density at radius 3 is 1.53 bits per heavy atom. The third-order valence-electron chi connectivity index (χ3n) is 13.9. The van der Waals surface area contributed by atoms with Gasteiger partial charge in [-0.25, -0.2) is 0 Å². The fraction of sp³-hybridized carbons (Fsp3) is 0.0345. The summed E-state index contributed by atoms with van der Waals surface area (Å²) in [5.41, 5.74) is 13.7. The van der Waals surface area contributed by atoms with Crippen LogP contribution in [0.2, 0.25) is 0 Å². The van der Waals surface area contributed by atoms with E-state index < -0.39 is 0 Å². The Balaban J connectivity index is 1.10. The smallest absolute Gasteiger partial charge is 0.297 e. The number of rotatable bonds is 2. The molecule has 0 radical (unpaired) electrons. The predicted octanol–water partition coefficient (Wildman–Crippen LogP) is 14.1. The summed E-state index contributed by atoms with van der Waals surface area (Å²) in [7, 11) is 0. The van der Waals surface area contributed by atoms with Crippen molar-refractivity contribution < 1.29 is 4.42 Å². The van der Waals surface area contributed by atoms with E-state index in [1.54, 1.807) is 0 Å². The minimum absolute atomic E-state index is 0.121. The molecule has 0 bridgehead atoms. The van der Waals surface area contributed by atoms with Crippen LogP contribution in [0.5, 0.6) is 0 Å². The first-order valence-electron chi connectivity index (χ1n) is 21.6. The molecule has 288 valence electrons. The van der Waals surface area contributed by atoms with Crippen molar-refractivity contribution in [1.29, 1.82) is 0 Å². The average molecular weight is 789 g/mol. The van der Waals surface area contributed by atoms with E-state index in [0.29, 0.717) is 0 Å². The van der Waals surface area contributed by atoms with Crippen LogP contribution in [0.15, 0.2) is 192 Å². The number of hydrogen-bond acceptors (Lipinski definition) is 3. The predicted molar refractivity (Wildman–Crippen MR) is 265 cm³/mol. The van der Waals surface area contributed by atoms with Gasteiger partial charge in [-0.05, 0) is 133 Å². The van der Waals surface area contributed by atoms with E-state index in [9.17, 15) is 0 Å². The monoisotopic (exact) mass is 788 g/mol. The highest BCUT2D eigenvalue weighted by Gasteiger charge is 2.47. The summed E-state index contributed by atoms with van der Waals surface area (Å²) in [6.45, 7) is 4.27. The molecule has 1 aromatic heterocycles. The Hall–Kier alpha value is -7.82. The number of anilines is 6. The van der Waals surface area contributed by atoms with Crippen LogP contribution in [0.4, 0.5) is 34.1 Å².